The molecule has 22 heavy (non-hydrogen) atoms. The Hall–Kier alpha value is -2.96. The van der Waals surface area contributed by atoms with E-state index in [-0.39, 0.29) is 18.1 Å². The summed E-state index contributed by atoms with van der Waals surface area (Å²) in [5, 5.41) is 10.2. The van der Waals surface area contributed by atoms with Gasteiger partial charge >= 0.3 is 0 Å². The molecule has 2 heterocycles. The number of carbonyl (C=O) groups is 1. The molecular weight excluding hydrogens is 284 g/mol. The number of rotatable bonds is 5. The normalized spacial score (nSPS) is 10.6. The molecule has 3 rings (SSSR count). The summed E-state index contributed by atoms with van der Waals surface area (Å²) in [5.41, 5.74) is 1.32. The van der Waals surface area contributed by atoms with E-state index < -0.39 is 0 Å². The van der Waals surface area contributed by atoms with Crippen LogP contribution in [0.4, 0.5) is 0 Å². The van der Waals surface area contributed by atoms with Gasteiger partial charge in [-0.1, -0.05) is 40.6 Å². The molecule has 1 N–H and O–H groups in total. The number of carbonyl (C=O) groups excluding carboxylic acids is 1. The van der Waals surface area contributed by atoms with Crippen molar-refractivity contribution < 1.29 is 13.8 Å². The second-order valence-corrected chi connectivity index (χ2v) is 4.77. The molecule has 0 fully saturated rings. The molecule has 0 aliphatic rings. The molecule has 7 heteroatoms. The molecule has 0 radical (unpaired) electrons. The minimum Gasteiger partial charge on any atom is -0.361 e. The van der Waals surface area contributed by atoms with E-state index in [1.54, 1.807) is 13.0 Å². The van der Waals surface area contributed by atoms with Crippen molar-refractivity contribution in [1.82, 2.24) is 20.6 Å². The van der Waals surface area contributed by atoms with Gasteiger partial charge in [-0.25, -0.2) is 0 Å². The van der Waals surface area contributed by atoms with E-state index in [4.69, 9.17) is 9.05 Å². The van der Waals surface area contributed by atoms with Crippen molar-refractivity contribution in [2.45, 2.75) is 19.9 Å². The van der Waals surface area contributed by atoms with E-state index in [0.717, 1.165) is 5.56 Å². The summed E-state index contributed by atoms with van der Waals surface area (Å²) in [7, 11) is 0. The van der Waals surface area contributed by atoms with Gasteiger partial charge in [-0.3, -0.25) is 4.79 Å². The zero-order valence-corrected chi connectivity index (χ0v) is 11.9. The Balaban J connectivity index is 1.57. The summed E-state index contributed by atoms with van der Waals surface area (Å²) in [6.45, 7) is 1.87. The molecule has 1 aromatic carbocycles. The molecule has 7 nitrogen and oxygen atoms in total. The Morgan fingerprint density at radius 3 is 2.73 bits per heavy atom. The number of benzene rings is 1. The molecule has 0 bridgehead atoms. The Kier molecular flexibility index (Phi) is 3.95. The topological polar surface area (TPSA) is 94.1 Å². The summed E-state index contributed by atoms with van der Waals surface area (Å²) in [4.78, 5) is 16.0. The predicted molar refractivity (Wildman–Crippen MR) is 76.0 cm³/mol. The molecule has 0 atom stereocenters. The first-order chi connectivity index (χ1) is 10.7. The fraction of sp³-hybridized carbons (Fsp3) is 0.200. The summed E-state index contributed by atoms with van der Waals surface area (Å²) in [6, 6.07) is 11.4. The lowest BCUT2D eigenvalue weighted by atomic mass is 10.1. The van der Waals surface area contributed by atoms with E-state index in [1.807, 2.05) is 30.3 Å². The second kappa shape index (κ2) is 6.21. The third kappa shape index (κ3) is 3.38. The van der Waals surface area contributed by atoms with Crippen LogP contribution < -0.4 is 5.32 Å². The minimum absolute atomic E-state index is 0.145. The number of nitrogens with zero attached hydrogens (tertiary/aromatic N) is 3. The monoisotopic (exact) mass is 298 g/mol. The maximum atomic E-state index is 11.8. The average molecular weight is 298 g/mol. The first-order valence-electron chi connectivity index (χ1n) is 6.77. The largest absolute Gasteiger partial charge is 0.361 e. The summed E-state index contributed by atoms with van der Waals surface area (Å²) < 4.78 is 9.95. The molecule has 2 aromatic heterocycles. The smallest absolute Gasteiger partial charge is 0.273 e. The van der Waals surface area contributed by atoms with Gasteiger partial charge in [0.1, 0.15) is 5.76 Å². The lowest BCUT2D eigenvalue weighted by Crippen LogP contribution is -2.23. The van der Waals surface area contributed by atoms with Crippen molar-refractivity contribution in [3.05, 3.63) is 65.1 Å². The van der Waals surface area contributed by atoms with Crippen molar-refractivity contribution in [2.24, 2.45) is 0 Å². The highest BCUT2D eigenvalue weighted by molar-refractivity contribution is 5.92. The number of aryl methyl sites for hydroxylation is 1. The number of nitrogens with one attached hydrogen (secondary N) is 1. The number of hydrogen-bond acceptors (Lipinski definition) is 6. The van der Waals surface area contributed by atoms with Crippen molar-refractivity contribution in [3.63, 3.8) is 0 Å². The molecule has 112 valence electrons. The maximum Gasteiger partial charge on any atom is 0.273 e. The molecule has 3 aromatic rings. The lowest BCUT2D eigenvalue weighted by Gasteiger charge is -1.97. The Morgan fingerprint density at radius 2 is 2.00 bits per heavy atom. The quantitative estimate of drug-likeness (QED) is 0.773. The fourth-order valence-electron chi connectivity index (χ4n) is 1.93. The van der Waals surface area contributed by atoms with Crippen molar-refractivity contribution in [1.29, 1.82) is 0 Å². The van der Waals surface area contributed by atoms with E-state index >= 15 is 0 Å². The highest BCUT2D eigenvalue weighted by Gasteiger charge is 2.13. The van der Waals surface area contributed by atoms with Crippen LogP contribution in [0.2, 0.25) is 0 Å². The van der Waals surface area contributed by atoms with Gasteiger partial charge in [0.25, 0.3) is 5.91 Å². The second-order valence-electron chi connectivity index (χ2n) is 4.77. The predicted octanol–water partition coefficient (Wildman–Crippen LogP) is 1.89. The van der Waals surface area contributed by atoms with Gasteiger partial charge in [-0.05, 0) is 12.5 Å². The summed E-state index contributed by atoms with van der Waals surface area (Å²) >= 11 is 0. The van der Waals surface area contributed by atoms with Crippen molar-refractivity contribution in [2.75, 3.05) is 0 Å². The van der Waals surface area contributed by atoms with E-state index in [2.05, 4.69) is 20.6 Å². The third-order valence-electron chi connectivity index (χ3n) is 2.98. The van der Waals surface area contributed by atoms with Gasteiger partial charge in [0.15, 0.2) is 11.5 Å². The van der Waals surface area contributed by atoms with Gasteiger partial charge in [0.2, 0.25) is 5.89 Å². The maximum absolute atomic E-state index is 11.8. The first-order valence-corrected chi connectivity index (χ1v) is 6.77. The fourth-order valence-corrected chi connectivity index (χ4v) is 1.93. The van der Waals surface area contributed by atoms with Crippen LogP contribution in [0.1, 0.15) is 33.5 Å². The zero-order valence-electron chi connectivity index (χ0n) is 11.9. The van der Waals surface area contributed by atoms with Crippen molar-refractivity contribution >= 4 is 5.91 Å². The third-order valence-corrected chi connectivity index (χ3v) is 2.98. The van der Waals surface area contributed by atoms with Gasteiger partial charge in [-0.2, -0.15) is 4.98 Å². The van der Waals surface area contributed by atoms with Gasteiger partial charge in [0.05, 0.1) is 6.54 Å². The van der Waals surface area contributed by atoms with Crippen LogP contribution in [0, 0.1) is 6.92 Å². The van der Waals surface area contributed by atoms with Crippen LogP contribution >= 0.6 is 0 Å². The zero-order chi connectivity index (χ0) is 15.4. The molecule has 0 unspecified atom stereocenters. The SMILES string of the molecule is Cc1cc(C(=O)NCc2nc(Cc3ccccc3)no2)no1. The highest BCUT2D eigenvalue weighted by Crippen LogP contribution is 2.07. The summed E-state index contributed by atoms with van der Waals surface area (Å²) in [6.07, 6.45) is 0.584. The van der Waals surface area contributed by atoms with Crippen LogP contribution in [0.25, 0.3) is 0 Å². The van der Waals surface area contributed by atoms with Crippen LogP contribution in [0.15, 0.2) is 45.4 Å². The van der Waals surface area contributed by atoms with E-state index in [0.29, 0.717) is 23.9 Å². The molecular formula is C15H14N4O3. The Bertz CT molecular complexity index is 764. The Morgan fingerprint density at radius 1 is 1.18 bits per heavy atom. The molecule has 0 aliphatic carbocycles. The van der Waals surface area contributed by atoms with E-state index in [1.165, 1.54) is 0 Å². The molecule has 0 spiro atoms. The molecule has 0 aliphatic heterocycles. The van der Waals surface area contributed by atoms with Gasteiger partial charge in [0, 0.05) is 12.5 Å². The van der Waals surface area contributed by atoms with E-state index in [9.17, 15) is 4.79 Å². The standard InChI is InChI=1S/C15H14N4O3/c1-10-7-12(18-21-10)15(20)16-9-14-17-13(19-22-14)8-11-5-3-2-4-6-11/h2-7H,8-9H2,1H3,(H,16,20). The number of aromatic nitrogens is 3. The Labute approximate surface area is 126 Å². The van der Waals surface area contributed by atoms with Crippen LogP contribution in [-0.4, -0.2) is 21.2 Å². The van der Waals surface area contributed by atoms with Crippen LogP contribution in [-0.2, 0) is 13.0 Å². The number of amides is 1. The van der Waals surface area contributed by atoms with Gasteiger partial charge in [-0.15, -0.1) is 0 Å². The van der Waals surface area contributed by atoms with Crippen molar-refractivity contribution in [3.8, 4) is 0 Å². The van der Waals surface area contributed by atoms with Crippen LogP contribution in [0.3, 0.4) is 0 Å². The van der Waals surface area contributed by atoms with Gasteiger partial charge < -0.3 is 14.4 Å². The molecule has 1 amide bonds. The summed E-state index contributed by atoms with van der Waals surface area (Å²) in [5.74, 6) is 1.15. The first kappa shape index (κ1) is 14.0. The number of hydrogen-bond donors (Lipinski definition) is 1. The molecule has 0 saturated carbocycles. The molecule has 0 saturated heterocycles. The van der Waals surface area contributed by atoms with Crippen LogP contribution in [0.5, 0.6) is 0 Å². The lowest BCUT2D eigenvalue weighted by molar-refractivity contribution is 0.0937. The average Bonchev–Trinajstić information content (AvgIpc) is 3.15. The minimum atomic E-state index is -0.348. The highest BCUT2D eigenvalue weighted by atomic mass is 16.5.